The Labute approximate surface area is 126 Å². The maximum absolute atomic E-state index is 14.1. The van der Waals surface area contributed by atoms with Crippen molar-refractivity contribution < 1.29 is 4.39 Å². The molecule has 0 bridgehead atoms. The molecule has 0 aliphatic carbocycles. The largest absolute Gasteiger partial charge is 0.293 e. The molecule has 0 aliphatic rings. The van der Waals surface area contributed by atoms with Crippen molar-refractivity contribution in [1.82, 2.24) is 9.55 Å². The molecule has 21 heavy (non-hydrogen) atoms. The lowest BCUT2D eigenvalue weighted by Gasteiger charge is -2.09. The monoisotopic (exact) mass is 299 g/mol. The van der Waals surface area contributed by atoms with E-state index in [4.69, 9.17) is 16.9 Å². The lowest BCUT2D eigenvalue weighted by atomic mass is 10.2. The highest BCUT2D eigenvalue weighted by Gasteiger charge is 2.15. The van der Waals surface area contributed by atoms with Crippen LogP contribution < -0.4 is 0 Å². The Balaban J connectivity index is 2.35. The Morgan fingerprint density at radius 1 is 1.24 bits per heavy atom. The third-order valence-corrected chi connectivity index (χ3v) is 3.45. The van der Waals surface area contributed by atoms with Gasteiger partial charge in [0.15, 0.2) is 0 Å². The number of fused-ring (bicyclic) bond motifs is 1. The summed E-state index contributed by atoms with van der Waals surface area (Å²) in [6, 6.07) is 13.8. The van der Waals surface area contributed by atoms with Gasteiger partial charge in [-0.05, 0) is 30.3 Å². The second-order valence-electron chi connectivity index (χ2n) is 4.57. The van der Waals surface area contributed by atoms with Gasteiger partial charge in [0.2, 0.25) is 0 Å². The summed E-state index contributed by atoms with van der Waals surface area (Å²) in [5.74, 6) is 0.735. The summed E-state index contributed by atoms with van der Waals surface area (Å²) >= 11 is 5.82. The molecule has 3 aromatic rings. The van der Waals surface area contributed by atoms with Crippen LogP contribution in [-0.2, 0) is 6.42 Å². The molecule has 3 rings (SSSR count). The highest BCUT2D eigenvalue weighted by molar-refractivity contribution is 6.17. The van der Waals surface area contributed by atoms with E-state index < -0.39 is 0 Å². The number of hydrogen-bond acceptors (Lipinski definition) is 2. The lowest BCUT2D eigenvalue weighted by molar-refractivity contribution is 0.617. The summed E-state index contributed by atoms with van der Waals surface area (Å²) in [6.45, 7) is 0. The first kappa shape index (κ1) is 13.6. The predicted octanol–water partition coefficient (Wildman–Crippen LogP) is 3.82. The molecule has 0 aliphatic heterocycles. The summed E-state index contributed by atoms with van der Waals surface area (Å²) in [4.78, 5) is 4.50. The Hall–Kier alpha value is -2.38. The van der Waals surface area contributed by atoms with Crippen molar-refractivity contribution in [1.29, 1.82) is 5.26 Å². The quantitative estimate of drug-likeness (QED) is 0.690. The molecule has 0 spiro atoms. The second-order valence-corrected chi connectivity index (χ2v) is 4.95. The van der Waals surface area contributed by atoms with E-state index in [1.807, 2.05) is 0 Å². The van der Waals surface area contributed by atoms with Gasteiger partial charge >= 0.3 is 0 Å². The highest BCUT2D eigenvalue weighted by Crippen LogP contribution is 2.24. The van der Waals surface area contributed by atoms with Crippen LogP contribution in [0.4, 0.5) is 4.39 Å². The van der Waals surface area contributed by atoms with Crippen LogP contribution in [0.25, 0.3) is 16.7 Å². The zero-order valence-corrected chi connectivity index (χ0v) is 11.8. The van der Waals surface area contributed by atoms with E-state index in [2.05, 4.69) is 11.1 Å². The average Bonchev–Trinajstić information content (AvgIpc) is 2.85. The van der Waals surface area contributed by atoms with Crippen LogP contribution in [0.3, 0.4) is 0 Å². The van der Waals surface area contributed by atoms with Crippen LogP contribution in [0.2, 0.25) is 0 Å². The van der Waals surface area contributed by atoms with Crippen LogP contribution in [-0.4, -0.2) is 15.4 Å². The maximum Gasteiger partial charge on any atom is 0.147 e. The molecule has 5 heteroatoms. The Bertz CT molecular complexity index is 848. The molecule has 2 aromatic carbocycles. The molecule has 0 amide bonds. The van der Waals surface area contributed by atoms with Gasteiger partial charge in [-0.2, -0.15) is 5.26 Å². The number of benzene rings is 2. The Morgan fingerprint density at radius 3 is 2.76 bits per heavy atom. The molecule has 0 unspecified atom stereocenters. The highest BCUT2D eigenvalue weighted by atomic mass is 35.5. The van der Waals surface area contributed by atoms with Crippen LogP contribution in [0.1, 0.15) is 11.4 Å². The number of aromatic nitrogens is 2. The van der Waals surface area contributed by atoms with Gasteiger partial charge in [0.1, 0.15) is 11.6 Å². The first-order valence-electron chi connectivity index (χ1n) is 6.47. The van der Waals surface area contributed by atoms with Gasteiger partial charge in [-0.3, -0.25) is 4.57 Å². The first-order valence-corrected chi connectivity index (χ1v) is 7.00. The van der Waals surface area contributed by atoms with Crippen molar-refractivity contribution in [3.05, 3.63) is 59.7 Å². The molecule has 0 atom stereocenters. The van der Waals surface area contributed by atoms with E-state index in [-0.39, 0.29) is 5.82 Å². The summed E-state index contributed by atoms with van der Waals surface area (Å²) in [6.07, 6.45) is 0.520. The molecular formula is C16H11ClFN3. The van der Waals surface area contributed by atoms with Crippen LogP contribution in [0.5, 0.6) is 0 Å². The zero-order chi connectivity index (χ0) is 14.8. The number of alkyl halides is 1. The van der Waals surface area contributed by atoms with Crippen molar-refractivity contribution >= 4 is 22.6 Å². The molecule has 104 valence electrons. The fourth-order valence-corrected chi connectivity index (χ4v) is 2.52. The zero-order valence-electron chi connectivity index (χ0n) is 11.1. The van der Waals surface area contributed by atoms with Crippen molar-refractivity contribution in [2.75, 3.05) is 5.88 Å². The smallest absolute Gasteiger partial charge is 0.147 e. The standard InChI is InChI=1S/C16H11ClFN3/c17-8-7-16-20-13-6-5-11(10-19)9-15(13)21(16)14-4-2-1-3-12(14)18/h1-6,9H,7-8H2. The minimum atomic E-state index is -0.338. The maximum atomic E-state index is 14.1. The van der Waals surface area contributed by atoms with E-state index in [0.29, 0.717) is 34.9 Å². The van der Waals surface area contributed by atoms with Gasteiger partial charge in [-0.1, -0.05) is 12.1 Å². The van der Waals surface area contributed by atoms with Crippen molar-refractivity contribution in [2.24, 2.45) is 0 Å². The molecular weight excluding hydrogens is 289 g/mol. The lowest BCUT2D eigenvalue weighted by Crippen LogP contribution is -2.04. The third kappa shape index (κ3) is 2.37. The normalized spacial score (nSPS) is 10.7. The topological polar surface area (TPSA) is 41.6 Å². The number of nitrogens with zero attached hydrogens (tertiary/aromatic N) is 3. The average molecular weight is 300 g/mol. The number of imidazole rings is 1. The first-order chi connectivity index (χ1) is 10.2. The number of rotatable bonds is 3. The van der Waals surface area contributed by atoms with Crippen molar-refractivity contribution in [3.63, 3.8) is 0 Å². The summed E-state index contributed by atoms with van der Waals surface area (Å²) in [7, 11) is 0. The van der Waals surface area contributed by atoms with Crippen LogP contribution in [0.15, 0.2) is 42.5 Å². The number of nitriles is 1. The number of para-hydroxylation sites is 1. The Kier molecular flexibility index (Phi) is 3.59. The summed E-state index contributed by atoms with van der Waals surface area (Å²) < 4.78 is 15.9. The minimum absolute atomic E-state index is 0.338. The minimum Gasteiger partial charge on any atom is -0.293 e. The van der Waals surface area contributed by atoms with Crippen molar-refractivity contribution in [3.8, 4) is 11.8 Å². The predicted molar refractivity (Wildman–Crippen MR) is 80.2 cm³/mol. The molecule has 0 fully saturated rings. The van der Waals surface area contributed by atoms with Crippen molar-refractivity contribution in [2.45, 2.75) is 6.42 Å². The van der Waals surface area contributed by atoms with Gasteiger partial charge in [0, 0.05) is 12.3 Å². The van der Waals surface area contributed by atoms with Gasteiger partial charge < -0.3 is 0 Å². The Morgan fingerprint density at radius 2 is 2.05 bits per heavy atom. The molecule has 0 N–H and O–H groups in total. The van der Waals surface area contributed by atoms with E-state index in [9.17, 15) is 4.39 Å². The molecule has 0 saturated carbocycles. The van der Waals surface area contributed by atoms with Crippen LogP contribution in [0, 0.1) is 17.1 Å². The molecule has 1 heterocycles. The number of aryl methyl sites for hydroxylation is 1. The molecule has 0 saturated heterocycles. The number of hydrogen-bond donors (Lipinski definition) is 0. The van der Waals surface area contributed by atoms with Crippen LogP contribution >= 0.6 is 11.6 Å². The van der Waals surface area contributed by atoms with Gasteiger partial charge in [-0.25, -0.2) is 9.37 Å². The van der Waals surface area contributed by atoms with E-state index >= 15 is 0 Å². The number of halogens is 2. The fraction of sp³-hybridized carbons (Fsp3) is 0.125. The van der Waals surface area contributed by atoms with Gasteiger partial charge in [0.05, 0.1) is 28.4 Å². The molecule has 0 radical (unpaired) electrons. The van der Waals surface area contributed by atoms with E-state index in [1.54, 1.807) is 41.0 Å². The third-order valence-electron chi connectivity index (χ3n) is 3.26. The molecule has 1 aromatic heterocycles. The van der Waals surface area contributed by atoms with Gasteiger partial charge in [-0.15, -0.1) is 11.6 Å². The van der Waals surface area contributed by atoms with Gasteiger partial charge in [0.25, 0.3) is 0 Å². The second kappa shape index (κ2) is 5.55. The fourth-order valence-electron chi connectivity index (χ4n) is 2.35. The SMILES string of the molecule is N#Cc1ccc2nc(CCCl)n(-c3ccccc3F)c2c1. The van der Waals surface area contributed by atoms with E-state index in [1.165, 1.54) is 6.07 Å². The summed E-state index contributed by atoms with van der Waals surface area (Å²) in [5.41, 5.74) is 2.35. The van der Waals surface area contributed by atoms with E-state index in [0.717, 1.165) is 5.52 Å². The molecule has 3 nitrogen and oxygen atoms in total. The summed E-state index contributed by atoms with van der Waals surface area (Å²) in [5, 5.41) is 9.05.